The highest BCUT2D eigenvalue weighted by molar-refractivity contribution is 8.13. The molecule has 0 aromatic carbocycles. The number of carbonyl (C=O) groups is 2. The topological polar surface area (TPSA) is 64.6 Å². The first kappa shape index (κ1) is 16.6. The van der Waals surface area contributed by atoms with E-state index in [0.717, 1.165) is 25.7 Å². The summed E-state index contributed by atoms with van der Waals surface area (Å²) in [6.07, 6.45) is 3.14. The van der Waals surface area contributed by atoms with Gasteiger partial charge < -0.3 is 14.8 Å². The van der Waals surface area contributed by atoms with Crippen LogP contribution in [0.5, 0.6) is 0 Å². The van der Waals surface area contributed by atoms with Crippen LogP contribution >= 0.6 is 11.8 Å². The molecule has 2 bridgehead atoms. The molecule has 0 spiro atoms. The highest BCUT2D eigenvalue weighted by Crippen LogP contribution is 2.45. The number of ether oxygens (including phenoxy) is 2. The van der Waals surface area contributed by atoms with E-state index in [1.54, 1.807) is 6.92 Å². The fourth-order valence-electron chi connectivity index (χ4n) is 2.86. The summed E-state index contributed by atoms with van der Waals surface area (Å²) in [4.78, 5) is 23.1. The molecule has 2 saturated heterocycles. The van der Waals surface area contributed by atoms with E-state index in [-0.39, 0.29) is 22.3 Å². The lowest BCUT2D eigenvalue weighted by molar-refractivity contribution is -0.147. The summed E-state index contributed by atoms with van der Waals surface area (Å²) < 4.78 is 11.3. The average Bonchev–Trinajstić information content (AvgIpc) is 2.36. The Labute approximate surface area is 130 Å². The van der Waals surface area contributed by atoms with Crippen LogP contribution in [0.25, 0.3) is 0 Å². The molecule has 0 radical (unpaired) electrons. The molecule has 1 amide bonds. The number of alkyl carbamates (subject to hydrolysis) is 1. The molecule has 0 aromatic heterocycles. The lowest BCUT2D eigenvalue weighted by Crippen LogP contribution is -2.64. The number of rotatable bonds is 3. The zero-order valence-electron chi connectivity index (χ0n) is 13.3. The number of amides is 1. The quantitative estimate of drug-likeness (QED) is 0.867. The largest absolute Gasteiger partial charge is 0.444 e. The summed E-state index contributed by atoms with van der Waals surface area (Å²) in [5.41, 5.74) is -0.981. The van der Waals surface area contributed by atoms with E-state index in [2.05, 4.69) is 5.32 Å². The van der Waals surface area contributed by atoms with Gasteiger partial charge in [0.05, 0.1) is 17.7 Å². The van der Waals surface area contributed by atoms with Crippen molar-refractivity contribution in [3.05, 3.63) is 0 Å². The maximum atomic E-state index is 12.0. The molecule has 0 atom stereocenters. The van der Waals surface area contributed by atoms with E-state index in [9.17, 15) is 9.59 Å². The molecule has 3 fully saturated rings. The minimum absolute atomic E-state index is 0.127. The fraction of sp³-hybridized carbons (Fsp3) is 0.867. The van der Waals surface area contributed by atoms with Gasteiger partial charge in [-0.05, 0) is 46.5 Å². The van der Waals surface area contributed by atoms with Crippen molar-refractivity contribution in [1.29, 1.82) is 0 Å². The van der Waals surface area contributed by atoms with Crippen molar-refractivity contribution in [2.75, 3.05) is 12.4 Å². The predicted molar refractivity (Wildman–Crippen MR) is 82.4 cm³/mol. The Balaban J connectivity index is 1.89. The van der Waals surface area contributed by atoms with Gasteiger partial charge in [-0.2, -0.15) is 0 Å². The Hall–Kier alpha value is -0.750. The number of hydrogen-bond acceptors (Lipinski definition) is 5. The van der Waals surface area contributed by atoms with E-state index in [4.69, 9.17) is 9.47 Å². The maximum absolute atomic E-state index is 12.0. The van der Waals surface area contributed by atoms with E-state index in [1.165, 1.54) is 11.8 Å². The first-order valence-electron chi connectivity index (χ1n) is 7.42. The number of thioether (sulfide) groups is 1. The Bertz CT molecular complexity index is 405. The third-order valence-corrected chi connectivity index (χ3v) is 5.15. The highest BCUT2D eigenvalue weighted by atomic mass is 32.2. The Morgan fingerprint density at radius 2 is 1.86 bits per heavy atom. The second-order valence-corrected chi connectivity index (χ2v) is 8.31. The third kappa shape index (κ3) is 4.36. The summed E-state index contributed by atoms with van der Waals surface area (Å²) in [6.45, 7) is 7.65. The van der Waals surface area contributed by atoms with Crippen LogP contribution in [0.1, 0.15) is 53.4 Å². The van der Waals surface area contributed by atoms with Crippen LogP contribution in [0.2, 0.25) is 0 Å². The van der Waals surface area contributed by atoms with Gasteiger partial charge in [0.1, 0.15) is 5.60 Å². The molecule has 0 aromatic rings. The molecule has 5 nitrogen and oxygen atoms in total. The lowest BCUT2D eigenvalue weighted by atomic mass is 9.72. The summed E-state index contributed by atoms with van der Waals surface area (Å²) in [5.74, 6) is 0.713. The van der Waals surface area contributed by atoms with Crippen LogP contribution in [0, 0.1) is 0 Å². The van der Waals surface area contributed by atoms with Crippen molar-refractivity contribution in [2.45, 2.75) is 70.1 Å². The fourth-order valence-corrected chi connectivity index (χ4v) is 3.70. The summed E-state index contributed by atoms with van der Waals surface area (Å²) >= 11 is 1.33. The van der Waals surface area contributed by atoms with E-state index >= 15 is 0 Å². The van der Waals surface area contributed by atoms with Crippen molar-refractivity contribution in [2.24, 2.45) is 0 Å². The van der Waals surface area contributed by atoms with Gasteiger partial charge >= 0.3 is 6.09 Å². The minimum Gasteiger partial charge on any atom is -0.444 e. The SMILES string of the molecule is CC(=O)SCC12CCC(NC(=O)OC(C)(C)C)(CC1)CO2. The van der Waals surface area contributed by atoms with E-state index in [1.807, 2.05) is 20.8 Å². The van der Waals surface area contributed by atoms with E-state index < -0.39 is 5.60 Å². The molecule has 1 aliphatic carbocycles. The Morgan fingerprint density at radius 3 is 2.29 bits per heavy atom. The van der Waals surface area contributed by atoms with Crippen LogP contribution < -0.4 is 5.32 Å². The monoisotopic (exact) mass is 315 g/mol. The Morgan fingerprint density at radius 1 is 1.24 bits per heavy atom. The molecule has 3 rings (SSSR count). The van der Waals surface area contributed by atoms with E-state index in [0.29, 0.717) is 12.4 Å². The predicted octanol–water partition coefficient (Wildman–Crippen LogP) is 2.87. The molecule has 3 aliphatic rings. The molecule has 2 aliphatic heterocycles. The molecular formula is C15H25NO4S. The van der Waals surface area contributed by atoms with Crippen LogP contribution in [-0.4, -0.2) is 40.3 Å². The molecule has 1 N–H and O–H groups in total. The zero-order chi connectivity index (χ0) is 15.7. The zero-order valence-corrected chi connectivity index (χ0v) is 14.1. The van der Waals surface area contributed by atoms with Gasteiger partial charge in [0, 0.05) is 12.7 Å². The number of nitrogens with one attached hydrogen (secondary N) is 1. The normalized spacial score (nSPS) is 31.8. The summed E-state index contributed by atoms with van der Waals surface area (Å²) in [7, 11) is 0. The molecule has 6 heteroatoms. The van der Waals surface area contributed by atoms with Gasteiger partial charge in [0.25, 0.3) is 0 Å². The molecule has 0 unspecified atom stereocenters. The van der Waals surface area contributed by atoms with Crippen LogP contribution in [0.3, 0.4) is 0 Å². The number of hydrogen-bond donors (Lipinski definition) is 1. The number of fused-ring (bicyclic) bond motifs is 3. The maximum Gasteiger partial charge on any atom is 0.408 e. The van der Waals surface area contributed by atoms with Gasteiger partial charge in [-0.3, -0.25) is 4.79 Å². The average molecular weight is 315 g/mol. The molecule has 120 valence electrons. The van der Waals surface area contributed by atoms with Gasteiger partial charge in [-0.15, -0.1) is 0 Å². The van der Waals surface area contributed by atoms with Crippen molar-refractivity contribution >= 4 is 23.0 Å². The summed E-state index contributed by atoms with van der Waals surface area (Å²) in [5, 5.41) is 3.13. The van der Waals surface area contributed by atoms with Crippen molar-refractivity contribution in [3.8, 4) is 0 Å². The van der Waals surface area contributed by atoms with Gasteiger partial charge in [0.15, 0.2) is 5.12 Å². The highest BCUT2D eigenvalue weighted by Gasteiger charge is 2.50. The molecule has 21 heavy (non-hydrogen) atoms. The Kier molecular flexibility index (Phi) is 4.59. The second-order valence-electron chi connectivity index (χ2n) is 7.16. The minimum atomic E-state index is -0.493. The van der Waals surface area contributed by atoms with Crippen molar-refractivity contribution in [3.63, 3.8) is 0 Å². The van der Waals surface area contributed by atoms with Crippen LogP contribution in [0.15, 0.2) is 0 Å². The lowest BCUT2D eigenvalue weighted by Gasteiger charge is -2.53. The standard InChI is InChI=1S/C15H25NO4S/c1-11(17)21-10-15-7-5-14(6-8-15,9-19-15)16-12(18)20-13(2,3)4/h5-10H2,1-4H3,(H,16,18). The van der Waals surface area contributed by atoms with Gasteiger partial charge in [-0.25, -0.2) is 4.79 Å². The smallest absolute Gasteiger partial charge is 0.408 e. The molecular weight excluding hydrogens is 290 g/mol. The number of carbonyl (C=O) groups excluding carboxylic acids is 2. The third-order valence-electron chi connectivity index (χ3n) is 4.08. The summed E-state index contributed by atoms with van der Waals surface area (Å²) in [6, 6.07) is 0. The molecule has 2 heterocycles. The van der Waals surface area contributed by atoms with Crippen LogP contribution in [0.4, 0.5) is 4.79 Å². The van der Waals surface area contributed by atoms with Crippen LogP contribution in [-0.2, 0) is 14.3 Å². The van der Waals surface area contributed by atoms with Crippen molar-refractivity contribution in [1.82, 2.24) is 5.32 Å². The van der Waals surface area contributed by atoms with Gasteiger partial charge in [-0.1, -0.05) is 11.8 Å². The first-order chi connectivity index (χ1) is 9.64. The molecule has 1 saturated carbocycles. The second kappa shape index (κ2) is 5.80. The first-order valence-corrected chi connectivity index (χ1v) is 8.41. The van der Waals surface area contributed by atoms with Gasteiger partial charge in [0.2, 0.25) is 0 Å². The van der Waals surface area contributed by atoms with Crippen molar-refractivity contribution < 1.29 is 19.1 Å².